The van der Waals surface area contributed by atoms with Gasteiger partial charge in [-0.1, -0.05) is 31.4 Å². The van der Waals surface area contributed by atoms with Gasteiger partial charge in [-0.05, 0) is 44.0 Å². The molecule has 0 saturated carbocycles. The maximum Gasteiger partial charge on any atom is 0.253 e. The number of hydrogen-bond acceptors (Lipinski definition) is 3. The van der Waals surface area contributed by atoms with Crippen LogP contribution in [0.15, 0.2) is 70.9 Å². The summed E-state index contributed by atoms with van der Waals surface area (Å²) in [4.78, 5) is 39.7. The van der Waals surface area contributed by atoms with Crippen molar-refractivity contribution in [3.05, 3.63) is 104 Å². The molecule has 0 aliphatic heterocycles. The van der Waals surface area contributed by atoms with Gasteiger partial charge in [-0.3, -0.25) is 14.4 Å². The summed E-state index contributed by atoms with van der Waals surface area (Å²) in [5.74, 6) is -0.415. The molecule has 0 bridgehead atoms. The summed E-state index contributed by atoms with van der Waals surface area (Å²) < 4.78 is 1.52. The Bertz CT molecular complexity index is 1060. The number of carbonyl (C=O) groups is 1. The molecule has 0 radical (unpaired) electrons. The summed E-state index contributed by atoms with van der Waals surface area (Å²) in [6.45, 7) is 13.0. The van der Waals surface area contributed by atoms with E-state index in [1.165, 1.54) is 10.6 Å². The molecule has 1 amide bonds. The Hall–Kier alpha value is -3.41. The van der Waals surface area contributed by atoms with Crippen LogP contribution in [0.1, 0.15) is 40.1 Å². The highest BCUT2D eigenvalue weighted by atomic mass is 16.2. The lowest BCUT2D eigenvalue weighted by Crippen LogP contribution is -2.30. The van der Waals surface area contributed by atoms with Crippen molar-refractivity contribution in [1.29, 1.82) is 0 Å². The number of nitrogens with zero attached hydrogens (tertiary/aromatic N) is 1. The summed E-state index contributed by atoms with van der Waals surface area (Å²) in [6.07, 6.45) is 6.66. The number of aromatic amines is 1. The highest BCUT2D eigenvalue weighted by molar-refractivity contribution is 5.93. The van der Waals surface area contributed by atoms with Gasteiger partial charge in [0.15, 0.2) is 0 Å². The van der Waals surface area contributed by atoms with E-state index in [9.17, 15) is 14.4 Å². The number of aromatic nitrogens is 2. The van der Waals surface area contributed by atoms with E-state index in [-0.39, 0.29) is 29.3 Å². The van der Waals surface area contributed by atoms with Crippen molar-refractivity contribution in [2.45, 2.75) is 33.4 Å². The molecule has 0 aromatic carbocycles. The molecule has 6 heteroatoms. The molecule has 0 aliphatic rings. The number of H-pyrrole nitrogens is 1. The van der Waals surface area contributed by atoms with Crippen LogP contribution < -0.4 is 16.4 Å². The highest BCUT2D eigenvalue weighted by Crippen LogP contribution is 2.16. The minimum Gasteiger partial charge on any atom is -0.348 e. The second-order valence-electron chi connectivity index (χ2n) is 6.57. The molecule has 6 nitrogen and oxygen atoms in total. The van der Waals surface area contributed by atoms with E-state index < -0.39 is 5.91 Å². The number of hydrogen-bond donors (Lipinski definition) is 2. The van der Waals surface area contributed by atoms with Gasteiger partial charge in [0, 0.05) is 35.6 Å². The first kappa shape index (κ1) is 20.9. The van der Waals surface area contributed by atoms with Gasteiger partial charge < -0.3 is 14.9 Å². The first-order chi connectivity index (χ1) is 13.3. The first-order valence-corrected chi connectivity index (χ1v) is 8.93. The number of carbonyl (C=O) groups excluding carboxylic acids is 1. The molecule has 2 heterocycles. The lowest BCUT2D eigenvalue weighted by Gasteiger charge is -2.16. The summed E-state index contributed by atoms with van der Waals surface area (Å²) in [5.41, 5.74) is 2.60. The van der Waals surface area contributed by atoms with Gasteiger partial charge >= 0.3 is 0 Å². The van der Waals surface area contributed by atoms with E-state index in [4.69, 9.17) is 0 Å². The van der Waals surface area contributed by atoms with Crippen LogP contribution in [0.3, 0.4) is 0 Å². The molecule has 2 N–H and O–H groups in total. The van der Waals surface area contributed by atoms with Gasteiger partial charge in [0.05, 0.1) is 6.04 Å². The molecular weight excluding hydrogens is 354 g/mol. The lowest BCUT2D eigenvalue weighted by molar-refractivity contribution is 0.0950. The lowest BCUT2D eigenvalue weighted by atomic mass is 10.1. The van der Waals surface area contributed by atoms with Crippen LogP contribution in [0.5, 0.6) is 0 Å². The second-order valence-corrected chi connectivity index (χ2v) is 6.57. The van der Waals surface area contributed by atoms with Gasteiger partial charge in [0.2, 0.25) is 0 Å². The van der Waals surface area contributed by atoms with Crippen LogP contribution in [0, 0.1) is 13.8 Å². The Morgan fingerprint density at radius 2 is 2.00 bits per heavy atom. The van der Waals surface area contributed by atoms with E-state index in [0.29, 0.717) is 5.56 Å². The molecule has 2 aromatic rings. The minimum atomic E-state index is -0.415. The van der Waals surface area contributed by atoms with E-state index in [2.05, 4.69) is 23.5 Å². The van der Waals surface area contributed by atoms with Gasteiger partial charge in [-0.15, -0.1) is 0 Å². The smallest absolute Gasteiger partial charge is 0.253 e. The standard InChI is InChI=1S/C22H25N3O3/c1-6-8-17(7-2)16(5)25-10-9-18(12-20(25)26)21(27)23-13-19-14(3)11-15(4)24-22(19)28/h6-12,16H,1-2,13H2,3-5H3,(H,23,27)(H,24,28). The summed E-state index contributed by atoms with van der Waals surface area (Å²) >= 11 is 0. The quantitative estimate of drug-likeness (QED) is 0.726. The van der Waals surface area contributed by atoms with E-state index in [1.54, 1.807) is 37.4 Å². The molecular formula is C22H25N3O3. The molecule has 2 rings (SSSR count). The average molecular weight is 379 g/mol. The number of amides is 1. The van der Waals surface area contributed by atoms with Gasteiger partial charge in [0.1, 0.15) is 0 Å². The van der Waals surface area contributed by atoms with Crippen LogP contribution in [0.4, 0.5) is 0 Å². The van der Waals surface area contributed by atoms with E-state index in [0.717, 1.165) is 16.8 Å². The molecule has 0 aliphatic carbocycles. The fourth-order valence-corrected chi connectivity index (χ4v) is 3.00. The predicted molar refractivity (Wildman–Crippen MR) is 112 cm³/mol. The zero-order valence-electron chi connectivity index (χ0n) is 16.4. The number of rotatable bonds is 7. The molecule has 28 heavy (non-hydrogen) atoms. The van der Waals surface area contributed by atoms with Crippen LogP contribution in [-0.2, 0) is 6.54 Å². The van der Waals surface area contributed by atoms with Gasteiger partial charge in [0.25, 0.3) is 17.0 Å². The molecule has 0 saturated heterocycles. The molecule has 1 atom stereocenters. The minimum absolute atomic E-state index is 0.0858. The topological polar surface area (TPSA) is 84.0 Å². The summed E-state index contributed by atoms with van der Waals surface area (Å²) in [5, 5.41) is 2.70. The monoisotopic (exact) mass is 379 g/mol. The van der Waals surface area contributed by atoms with E-state index >= 15 is 0 Å². The number of nitrogens with one attached hydrogen (secondary N) is 2. The molecule has 0 fully saturated rings. The average Bonchev–Trinajstić information content (AvgIpc) is 2.64. The van der Waals surface area contributed by atoms with Crippen molar-refractivity contribution >= 4 is 5.91 Å². The van der Waals surface area contributed by atoms with Crippen molar-refractivity contribution in [3.8, 4) is 0 Å². The van der Waals surface area contributed by atoms with Crippen molar-refractivity contribution in [2.75, 3.05) is 0 Å². The second kappa shape index (κ2) is 8.99. The molecule has 0 spiro atoms. The SMILES string of the molecule is C=CC=C(C=C)C(C)n1ccc(C(=O)NCc2c(C)cc(C)[nH]c2=O)cc1=O. The predicted octanol–water partition coefficient (Wildman–Crippen LogP) is 2.94. The Labute approximate surface area is 163 Å². The third-order valence-electron chi connectivity index (χ3n) is 4.58. The van der Waals surface area contributed by atoms with Crippen LogP contribution in [0.25, 0.3) is 0 Å². The Morgan fingerprint density at radius 1 is 1.29 bits per heavy atom. The number of pyridine rings is 2. The van der Waals surface area contributed by atoms with E-state index in [1.807, 2.05) is 19.9 Å². The molecule has 2 aromatic heterocycles. The fourth-order valence-electron chi connectivity index (χ4n) is 3.00. The fraction of sp³-hybridized carbons (Fsp3) is 0.227. The normalized spacial score (nSPS) is 12.3. The summed E-state index contributed by atoms with van der Waals surface area (Å²) in [6, 6.07) is 4.47. The Kier molecular flexibility index (Phi) is 6.71. The van der Waals surface area contributed by atoms with Crippen molar-refractivity contribution < 1.29 is 4.79 Å². The summed E-state index contributed by atoms with van der Waals surface area (Å²) in [7, 11) is 0. The zero-order chi connectivity index (χ0) is 20.8. The van der Waals surface area contributed by atoms with Gasteiger partial charge in [-0.2, -0.15) is 0 Å². The number of allylic oxidation sites excluding steroid dienone is 4. The number of aryl methyl sites for hydroxylation is 2. The Morgan fingerprint density at radius 3 is 2.57 bits per heavy atom. The molecule has 1 unspecified atom stereocenters. The maximum atomic E-state index is 12.5. The third-order valence-corrected chi connectivity index (χ3v) is 4.58. The van der Waals surface area contributed by atoms with Crippen LogP contribution in [-0.4, -0.2) is 15.5 Å². The molecule has 146 valence electrons. The maximum absolute atomic E-state index is 12.5. The van der Waals surface area contributed by atoms with Crippen molar-refractivity contribution in [1.82, 2.24) is 14.9 Å². The van der Waals surface area contributed by atoms with Crippen molar-refractivity contribution in [3.63, 3.8) is 0 Å². The van der Waals surface area contributed by atoms with Crippen molar-refractivity contribution in [2.24, 2.45) is 0 Å². The van der Waals surface area contributed by atoms with Crippen LogP contribution >= 0.6 is 0 Å². The van der Waals surface area contributed by atoms with Crippen LogP contribution in [0.2, 0.25) is 0 Å². The first-order valence-electron chi connectivity index (χ1n) is 8.93. The zero-order valence-corrected chi connectivity index (χ0v) is 16.4. The van der Waals surface area contributed by atoms with Gasteiger partial charge in [-0.25, -0.2) is 0 Å². The largest absolute Gasteiger partial charge is 0.348 e. The Balaban J connectivity index is 2.20. The highest BCUT2D eigenvalue weighted by Gasteiger charge is 2.13. The third kappa shape index (κ3) is 4.65.